The lowest BCUT2D eigenvalue weighted by molar-refractivity contribution is -0.282. The Morgan fingerprint density at radius 1 is 1.50 bits per heavy atom. The third kappa shape index (κ3) is 2.19. The molecule has 0 aromatic carbocycles. The molecule has 0 bridgehead atoms. The van der Waals surface area contributed by atoms with Crippen molar-refractivity contribution in [3.63, 3.8) is 0 Å². The van der Waals surface area contributed by atoms with Crippen molar-refractivity contribution in [1.82, 2.24) is 0 Å². The highest BCUT2D eigenvalue weighted by molar-refractivity contribution is 6.30. The molecule has 0 N–H and O–H groups in total. The van der Waals surface area contributed by atoms with E-state index in [9.17, 15) is 0 Å². The van der Waals surface area contributed by atoms with Crippen molar-refractivity contribution >= 4 is 11.6 Å². The van der Waals surface area contributed by atoms with E-state index in [0.29, 0.717) is 13.2 Å². The molecule has 0 heterocycles. The first-order valence-electron chi connectivity index (χ1n) is 5.12. The average molecular weight is 215 g/mol. The largest absolute Gasteiger partial charge is 0.237 e. The minimum atomic E-state index is 0.499. The molecule has 2 atom stereocenters. The van der Waals surface area contributed by atoms with Gasteiger partial charge in [-0.1, -0.05) is 23.8 Å². The Morgan fingerprint density at radius 2 is 2.36 bits per heavy atom. The predicted molar refractivity (Wildman–Crippen MR) is 55.8 cm³/mol. The molecule has 3 heteroatoms. The zero-order valence-corrected chi connectivity index (χ0v) is 9.09. The van der Waals surface area contributed by atoms with Gasteiger partial charge in [0.1, 0.15) is 6.61 Å². The summed E-state index contributed by atoms with van der Waals surface area (Å²) < 4.78 is 0. The molecule has 2 nitrogen and oxygen atoms in total. The van der Waals surface area contributed by atoms with E-state index in [-0.39, 0.29) is 0 Å². The van der Waals surface area contributed by atoms with E-state index in [1.54, 1.807) is 0 Å². The van der Waals surface area contributed by atoms with Crippen molar-refractivity contribution in [2.45, 2.75) is 19.8 Å². The summed E-state index contributed by atoms with van der Waals surface area (Å²) in [5.41, 5.74) is 1.32. The molecular weight excluding hydrogens is 200 g/mol. The van der Waals surface area contributed by atoms with Crippen LogP contribution in [0, 0.1) is 11.8 Å². The van der Waals surface area contributed by atoms with E-state index in [1.807, 2.05) is 13.0 Å². The van der Waals surface area contributed by atoms with Crippen molar-refractivity contribution in [1.29, 1.82) is 0 Å². The summed E-state index contributed by atoms with van der Waals surface area (Å²) in [5, 5.41) is 1.04. The third-order valence-corrected chi connectivity index (χ3v) is 3.11. The third-order valence-electron chi connectivity index (χ3n) is 2.74. The van der Waals surface area contributed by atoms with E-state index in [1.165, 1.54) is 12.0 Å². The Bertz CT molecular complexity index is 270. The Morgan fingerprint density at radius 3 is 3.00 bits per heavy atom. The summed E-state index contributed by atoms with van der Waals surface area (Å²) in [6, 6.07) is 0. The van der Waals surface area contributed by atoms with Crippen LogP contribution in [-0.2, 0) is 9.78 Å². The second kappa shape index (κ2) is 4.47. The summed E-state index contributed by atoms with van der Waals surface area (Å²) in [6.07, 6.45) is 6.45. The van der Waals surface area contributed by atoms with Gasteiger partial charge in [-0.05, 0) is 37.2 Å². The minimum Gasteiger partial charge on any atom is -0.237 e. The summed E-state index contributed by atoms with van der Waals surface area (Å²) in [6.45, 7) is 2.98. The fourth-order valence-electron chi connectivity index (χ4n) is 1.96. The highest BCUT2D eigenvalue weighted by atomic mass is 35.5. The molecule has 2 aliphatic rings. The number of hydrogen-bond donors (Lipinski definition) is 0. The highest BCUT2D eigenvalue weighted by Crippen LogP contribution is 2.56. The van der Waals surface area contributed by atoms with Gasteiger partial charge in [0, 0.05) is 5.03 Å². The lowest BCUT2D eigenvalue weighted by Gasteiger charge is -1.99. The number of hydrogen-bond acceptors (Lipinski definition) is 2. The van der Waals surface area contributed by atoms with E-state index in [4.69, 9.17) is 21.4 Å². The molecule has 0 radical (unpaired) electrons. The second-order valence-electron chi connectivity index (χ2n) is 3.76. The zero-order valence-electron chi connectivity index (χ0n) is 8.33. The quantitative estimate of drug-likeness (QED) is 0.398. The summed E-state index contributed by atoms with van der Waals surface area (Å²) in [7, 11) is 0. The van der Waals surface area contributed by atoms with Gasteiger partial charge < -0.3 is 0 Å². The molecular formula is C11H15ClO2. The molecule has 0 unspecified atom stereocenters. The monoisotopic (exact) mass is 214 g/mol. The van der Waals surface area contributed by atoms with Crippen LogP contribution in [0.2, 0.25) is 0 Å². The molecule has 0 aromatic rings. The number of halogens is 1. The van der Waals surface area contributed by atoms with Crippen LogP contribution in [0.3, 0.4) is 0 Å². The van der Waals surface area contributed by atoms with E-state index in [0.717, 1.165) is 23.3 Å². The van der Waals surface area contributed by atoms with Crippen LogP contribution in [-0.4, -0.2) is 13.2 Å². The maximum atomic E-state index is 6.10. The van der Waals surface area contributed by atoms with Crippen molar-refractivity contribution < 1.29 is 9.78 Å². The molecule has 1 saturated carbocycles. The molecule has 2 aliphatic carbocycles. The van der Waals surface area contributed by atoms with Crippen LogP contribution in [0.1, 0.15) is 19.8 Å². The maximum Gasteiger partial charge on any atom is 0.101 e. The summed E-state index contributed by atoms with van der Waals surface area (Å²) in [5.74, 6) is 1.58. The van der Waals surface area contributed by atoms with Gasteiger partial charge in [0.25, 0.3) is 0 Å². The lowest BCUT2D eigenvalue weighted by Crippen LogP contribution is -1.93. The summed E-state index contributed by atoms with van der Waals surface area (Å²) in [4.78, 5) is 9.64. The van der Waals surface area contributed by atoms with E-state index in [2.05, 4.69) is 6.08 Å². The molecule has 14 heavy (non-hydrogen) atoms. The number of rotatable bonds is 5. The molecule has 0 saturated heterocycles. The van der Waals surface area contributed by atoms with Gasteiger partial charge in [0.2, 0.25) is 0 Å². The minimum absolute atomic E-state index is 0.499. The van der Waals surface area contributed by atoms with Crippen LogP contribution in [0.15, 0.2) is 22.8 Å². The van der Waals surface area contributed by atoms with Gasteiger partial charge in [-0.25, -0.2) is 9.78 Å². The van der Waals surface area contributed by atoms with Crippen molar-refractivity contribution in [2.75, 3.05) is 13.2 Å². The van der Waals surface area contributed by atoms with Crippen LogP contribution in [0.5, 0.6) is 0 Å². The van der Waals surface area contributed by atoms with E-state index < -0.39 is 0 Å². The molecule has 0 aliphatic heterocycles. The zero-order chi connectivity index (χ0) is 9.97. The molecule has 2 rings (SSSR count). The Hall–Kier alpha value is -0.310. The fourth-order valence-corrected chi connectivity index (χ4v) is 2.36. The normalized spacial score (nSPS) is 30.1. The molecule has 1 fully saturated rings. The SMILES string of the molecule is CCOOC/C=C/C1=C(Cl)C[C@@H]2C[C@H]12. The van der Waals surface area contributed by atoms with Crippen LogP contribution >= 0.6 is 11.6 Å². The topological polar surface area (TPSA) is 18.5 Å². The molecule has 0 amide bonds. The number of fused-ring (bicyclic) bond motifs is 1. The van der Waals surface area contributed by atoms with Gasteiger partial charge in [-0.3, -0.25) is 0 Å². The standard InChI is InChI=1S/C11H15ClO2/c1-2-13-14-5-3-4-9-10-6-8(10)7-11(9)12/h3-4,8,10H,2,5-7H2,1H3/b4-3+/t8-,10-/m0/s1. The second-order valence-corrected chi connectivity index (χ2v) is 4.22. The first-order valence-corrected chi connectivity index (χ1v) is 5.50. The predicted octanol–water partition coefficient (Wildman–Crippen LogP) is 3.04. The number of allylic oxidation sites excluding steroid dienone is 3. The highest BCUT2D eigenvalue weighted by Gasteiger charge is 2.45. The van der Waals surface area contributed by atoms with Crippen LogP contribution in [0.25, 0.3) is 0 Å². The van der Waals surface area contributed by atoms with Gasteiger partial charge >= 0.3 is 0 Å². The Labute approximate surface area is 89.5 Å². The van der Waals surface area contributed by atoms with Crippen LogP contribution in [0.4, 0.5) is 0 Å². The van der Waals surface area contributed by atoms with Crippen LogP contribution < -0.4 is 0 Å². The molecule has 0 aromatic heterocycles. The fraction of sp³-hybridized carbons (Fsp3) is 0.636. The molecule has 78 valence electrons. The van der Waals surface area contributed by atoms with Crippen molar-refractivity contribution in [3.8, 4) is 0 Å². The smallest absolute Gasteiger partial charge is 0.101 e. The first-order chi connectivity index (χ1) is 6.83. The Kier molecular flexibility index (Phi) is 3.26. The lowest BCUT2D eigenvalue weighted by atomic mass is 10.2. The molecule has 0 spiro atoms. The van der Waals surface area contributed by atoms with Gasteiger partial charge in [-0.15, -0.1) is 0 Å². The Balaban J connectivity index is 1.76. The maximum absolute atomic E-state index is 6.10. The summed E-state index contributed by atoms with van der Waals surface area (Å²) >= 11 is 6.10. The first kappa shape index (κ1) is 10.2. The van der Waals surface area contributed by atoms with E-state index >= 15 is 0 Å². The average Bonchev–Trinajstić information content (AvgIpc) is 2.84. The van der Waals surface area contributed by atoms with Gasteiger partial charge in [0.15, 0.2) is 0 Å². The van der Waals surface area contributed by atoms with Crippen molar-refractivity contribution in [3.05, 3.63) is 22.8 Å². The van der Waals surface area contributed by atoms with Crippen molar-refractivity contribution in [2.24, 2.45) is 11.8 Å². The van der Waals surface area contributed by atoms with Gasteiger partial charge in [0.05, 0.1) is 6.61 Å². The van der Waals surface area contributed by atoms with Gasteiger partial charge in [-0.2, -0.15) is 0 Å².